The Labute approximate surface area is 90.6 Å². The molecule has 0 aromatic rings. The highest BCUT2D eigenvalue weighted by Crippen LogP contribution is 2.13. The highest BCUT2D eigenvalue weighted by Gasteiger charge is 2.27. The molecule has 0 fully saturated rings. The van der Waals surface area contributed by atoms with Crippen molar-refractivity contribution in [1.29, 1.82) is 0 Å². The second-order valence-corrected chi connectivity index (χ2v) is 4.06. The van der Waals surface area contributed by atoms with E-state index in [0.29, 0.717) is 6.54 Å². The lowest BCUT2D eigenvalue weighted by atomic mass is 9.92. The van der Waals surface area contributed by atoms with Gasteiger partial charge in [-0.25, -0.2) is 0 Å². The summed E-state index contributed by atoms with van der Waals surface area (Å²) in [6.45, 7) is 5.48. The highest BCUT2D eigenvalue weighted by atomic mass is 16.5. The topological polar surface area (TPSA) is 67.4 Å². The third kappa shape index (κ3) is 4.29. The maximum absolute atomic E-state index is 11.4. The zero-order chi connectivity index (χ0) is 12.1. The second-order valence-electron chi connectivity index (χ2n) is 4.06. The first-order valence-electron chi connectivity index (χ1n) is 4.88. The van der Waals surface area contributed by atoms with E-state index in [9.17, 15) is 9.59 Å². The maximum atomic E-state index is 11.4. The lowest BCUT2D eigenvalue weighted by Crippen LogP contribution is -2.46. The van der Waals surface area contributed by atoms with Crippen molar-refractivity contribution >= 4 is 11.8 Å². The van der Waals surface area contributed by atoms with Gasteiger partial charge in [0.25, 0.3) is 0 Å². The average molecular weight is 216 g/mol. The molecule has 0 aromatic heterocycles. The molecule has 0 aliphatic heterocycles. The Balaban J connectivity index is 4.15. The molecule has 0 aliphatic carbocycles. The van der Waals surface area contributed by atoms with Gasteiger partial charge in [0.05, 0.1) is 5.41 Å². The highest BCUT2D eigenvalue weighted by molar-refractivity contribution is 5.84. The minimum absolute atomic E-state index is 0.104. The van der Waals surface area contributed by atoms with E-state index in [1.54, 1.807) is 27.8 Å². The Morgan fingerprint density at radius 3 is 2.33 bits per heavy atom. The molecule has 2 amide bonds. The van der Waals surface area contributed by atoms with Crippen LogP contribution in [-0.4, -0.2) is 38.6 Å². The molecule has 0 aliphatic rings. The van der Waals surface area contributed by atoms with E-state index in [2.05, 4.69) is 10.6 Å². The molecule has 0 spiro atoms. The van der Waals surface area contributed by atoms with E-state index in [1.807, 2.05) is 0 Å². The molecule has 0 bridgehead atoms. The maximum Gasteiger partial charge on any atom is 0.248 e. The van der Waals surface area contributed by atoms with Gasteiger partial charge in [0.15, 0.2) is 0 Å². The monoisotopic (exact) mass is 216 g/mol. The standard InChI is InChI=1S/C10H20N2O3/c1-7(15-5)8(13)12-6-10(2,3)9(14)11-4/h7H,6H2,1-5H3,(H,11,14)(H,12,13). The predicted octanol–water partition coefficient (Wildman–Crippen LogP) is -0.0903. The van der Waals surface area contributed by atoms with Crippen LogP contribution in [0.4, 0.5) is 0 Å². The minimum atomic E-state index is -0.613. The summed E-state index contributed by atoms with van der Waals surface area (Å²) in [6.07, 6.45) is -0.495. The van der Waals surface area contributed by atoms with Gasteiger partial charge < -0.3 is 15.4 Å². The number of carbonyl (C=O) groups excluding carboxylic acids is 2. The zero-order valence-corrected chi connectivity index (χ0v) is 10.0. The van der Waals surface area contributed by atoms with E-state index < -0.39 is 11.5 Å². The van der Waals surface area contributed by atoms with Gasteiger partial charge in [-0.2, -0.15) is 0 Å². The lowest BCUT2D eigenvalue weighted by molar-refractivity contribution is -0.132. The van der Waals surface area contributed by atoms with Crippen molar-refractivity contribution in [2.45, 2.75) is 26.9 Å². The van der Waals surface area contributed by atoms with Crippen molar-refractivity contribution < 1.29 is 14.3 Å². The van der Waals surface area contributed by atoms with Crippen molar-refractivity contribution in [2.24, 2.45) is 5.41 Å². The summed E-state index contributed by atoms with van der Waals surface area (Å²) >= 11 is 0. The molecule has 5 nitrogen and oxygen atoms in total. The van der Waals surface area contributed by atoms with Crippen molar-refractivity contribution in [3.8, 4) is 0 Å². The van der Waals surface area contributed by atoms with Crippen LogP contribution in [-0.2, 0) is 14.3 Å². The lowest BCUT2D eigenvalue weighted by Gasteiger charge is -2.23. The number of methoxy groups -OCH3 is 1. The molecule has 0 rings (SSSR count). The Morgan fingerprint density at radius 2 is 1.93 bits per heavy atom. The van der Waals surface area contributed by atoms with Crippen molar-refractivity contribution in [1.82, 2.24) is 10.6 Å². The molecule has 5 heteroatoms. The summed E-state index contributed by atoms with van der Waals surface area (Å²) in [4.78, 5) is 22.8. The molecule has 15 heavy (non-hydrogen) atoms. The average Bonchev–Trinajstić information content (AvgIpc) is 2.23. The Bertz CT molecular complexity index is 239. The second kappa shape index (κ2) is 5.70. The Hall–Kier alpha value is -1.10. The normalized spacial score (nSPS) is 13.1. The molecule has 88 valence electrons. The van der Waals surface area contributed by atoms with Crippen LogP contribution in [0, 0.1) is 5.41 Å². The van der Waals surface area contributed by atoms with Gasteiger partial charge in [-0.1, -0.05) is 0 Å². The summed E-state index contributed by atoms with van der Waals surface area (Å²) < 4.78 is 4.85. The first-order valence-corrected chi connectivity index (χ1v) is 4.88. The number of ether oxygens (including phenoxy) is 1. The van der Waals surface area contributed by atoms with E-state index in [4.69, 9.17) is 4.74 Å². The summed E-state index contributed by atoms with van der Waals surface area (Å²) in [5.74, 6) is -0.317. The van der Waals surface area contributed by atoms with Gasteiger partial charge in [0.1, 0.15) is 6.10 Å². The number of amides is 2. The van der Waals surface area contributed by atoms with E-state index in [1.165, 1.54) is 7.11 Å². The van der Waals surface area contributed by atoms with Crippen LogP contribution in [0.2, 0.25) is 0 Å². The van der Waals surface area contributed by atoms with Gasteiger partial charge in [-0.05, 0) is 20.8 Å². The summed E-state index contributed by atoms with van der Waals surface area (Å²) in [6, 6.07) is 0. The van der Waals surface area contributed by atoms with E-state index in [-0.39, 0.29) is 11.8 Å². The van der Waals surface area contributed by atoms with Gasteiger partial charge in [-0.15, -0.1) is 0 Å². The number of carbonyl (C=O) groups is 2. The van der Waals surface area contributed by atoms with Crippen LogP contribution >= 0.6 is 0 Å². The molecular formula is C10H20N2O3. The number of hydrogen-bond acceptors (Lipinski definition) is 3. The number of hydrogen-bond donors (Lipinski definition) is 2. The van der Waals surface area contributed by atoms with E-state index >= 15 is 0 Å². The van der Waals surface area contributed by atoms with Crippen molar-refractivity contribution in [3.63, 3.8) is 0 Å². The first kappa shape index (κ1) is 13.9. The Kier molecular flexibility index (Phi) is 5.28. The van der Waals surface area contributed by atoms with Crippen molar-refractivity contribution in [3.05, 3.63) is 0 Å². The van der Waals surface area contributed by atoms with Crippen molar-refractivity contribution in [2.75, 3.05) is 20.7 Å². The SMILES string of the molecule is CNC(=O)C(C)(C)CNC(=O)C(C)OC. The van der Waals surface area contributed by atoms with Gasteiger partial charge in [0.2, 0.25) is 11.8 Å². The fourth-order valence-electron chi connectivity index (χ4n) is 0.978. The molecule has 1 unspecified atom stereocenters. The predicted molar refractivity (Wildman–Crippen MR) is 57.3 cm³/mol. The number of nitrogens with one attached hydrogen (secondary N) is 2. The van der Waals surface area contributed by atoms with Crippen LogP contribution in [0.15, 0.2) is 0 Å². The quantitative estimate of drug-likeness (QED) is 0.675. The molecule has 0 saturated carbocycles. The third-order valence-corrected chi connectivity index (χ3v) is 2.27. The zero-order valence-electron chi connectivity index (χ0n) is 10.0. The fourth-order valence-corrected chi connectivity index (χ4v) is 0.978. The van der Waals surface area contributed by atoms with Gasteiger partial charge in [-0.3, -0.25) is 9.59 Å². The molecule has 0 saturated heterocycles. The fraction of sp³-hybridized carbons (Fsp3) is 0.800. The summed E-state index contributed by atoms with van der Waals surface area (Å²) in [5.41, 5.74) is -0.613. The van der Waals surface area contributed by atoms with Gasteiger partial charge in [0, 0.05) is 20.7 Å². The first-order chi connectivity index (χ1) is 6.85. The molecule has 0 radical (unpaired) electrons. The largest absolute Gasteiger partial charge is 0.372 e. The molecule has 1 atom stereocenters. The summed E-state index contributed by atoms with van der Waals surface area (Å²) in [5, 5.41) is 5.21. The molecule has 0 heterocycles. The molecule has 0 aromatic carbocycles. The minimum Gasteiger partial charge on any atom is -0.372 e. The number of rotatable bonds is 5. The Morgan fingerprint density at radius 1 is 1.40 bits per heavy atom. The molecular weight excluding hydrogens is 196 g/mol. The van der Waals surface area contributed by atoms with Gasteiger partial charge >= 0.3 is 0 Å². The van der Waals surface area contributed by atoms with Crippen LogP contribution in [0.5, 0.6) is 0 Å². The van der Waals surface area contributed by atoms with Crippen LogP contribution in [0.3, 0.4) is 0 Å². The van der Waals surface area contributed by atoms with Crippen LogP contribution < -0.4 is 10.6 Å². The summed E-state index contributed by atoms with van der Waals surface area (Å²) in [7, 11) is 3.04. The molecule has 2 N–H and O–H groups in total. The van der Waals surface area contributed by atoms with Crippen LogP contribution in [0.1, 0.15) is 20.8 Å². The third-order valence-electron chi connectivity index (χ3n) is 2.27. The smallest absolute Gasteiger partial charge is 0.248 e. The van der Waals surface area contributed by atoms with Crippen LogP contribution in [0.25, 0.3) is 0 Å². The van der Waals surface area contributed by atoms with E-state index in [0.717, 1.165) is 0 Å².